The van der Waals surface area contributed by atoms with E-state index in [4.69, 9.17) is 0 Å². The number of piperidine rings is 1. The van der Waals surface area contributed by atoms with Crippen molar-refractivity contribution in [3.05, 3.63) is 34.7 Å². The van der Waals surface area contributed by atoms with Crippen molar-refractivity contribution in [1.82, 2.24) is 9.29 Å². The smallest absolute Gasteiger partial charge is 0.227 e. The molecule has 3 rings (SSSR count). The number of thiazole rings is 1. The number of amides is 1. The molecule has 0 aliphatic carbocycles. The molecule has 26 heavy (non-hydrogen) atoms. The number of anilines is 1. The molecule has 6 nitrogen and oxygen atoms in total. The van der Waals surface area contributed by atoms with Gasteiger partial charge in [0, 0.05) is 35.6 Å². The molecule has 0 spiro atoms. The van der Waals surface area contributed by atoms with E-state index >= 15 is 0 Å². The topological polar surface area (TPSA) is 79.4 Å². The SMILES string of the molecule is CCS(=O)(=O)N1CCC(C(=O)Nc2ccc(-c3csc(C)n3)cc2)CC1. The third-order valence-corrected chi connectivity index (χ3v) is 7.31. The Morgan fingerprint density at radius 3 is 2.46 bits per heavy atom. The highest BCUT2D eigenvalue weighted by Gasteiger charge is 2.30. The Labute approximate surface area is 158 Å². The molecule has 0 saturated carbocycles. The lowest BCUT2D eigenvalue weighted by Gasteiger charge is -2.30. The van der Waals surface area contributed by atoms with E-state index in [2.05, 4.69) is 10.3 Å². The molecule has 1 aliphatic rings. The zero-order valence-corrected chi connectivity index (χ0v) is 16.6. The molecule has 8 heteroatoms. The summed E-state index contributed by atoms with van der Waals surface area (Å²) in [6, 6.07) is 7.64. The standard InChI is InChI=1S/C18H23N3O3S2/c1-3-26(23,24)21-10-8-15(9-11-21)18(22)20-16-6-4-14(5-7-16)17-12-25-13(2)19-17/h4-7,12,15H,3,8-11H2,1-2H3,(H,20,22). The van der Waals surface area contributed by atoms with Crippen molar-refractivity contribution in [3.63, 3.8) is 0 Å². The van der Waals surface area contributed by atoms with Crippen molar-refractivity contribution in [2.24, 2.45) is 5.92 Å². The van der Waals surface area contributed by atoms with Crippen molar-refractivity contribution < 1.29 is 13.2 Å². The van der Waals surface area contributed by atoms with Crippen molar-refractivity contribution >= 4 is 33.0 Å². The van der Waals surface area contributed by atoms with E-state index in [0.29, 0.717) is 25.9 Å². The lowest BCUT2D eigenvalue weighted by Crippen LogP contribution is -2.42. The van der Waals surface area contributed by atoms with Crippen molar-refractivity contribution in [2.45, 2.75) is 26.7 Å². The van der Waals surface area contributed by atoms with Gasteiger partial charge in [-0.15, -0.1) is 11.3 Å². The van der Waals surface area contributed by atoms with Gasteiger partial charge in [0.05, 0.1) is 16.5 Å². The molecule has 2 heterocycles. The second kappa shape index (κ2) is 7.85. The van der Waals surface area contributed by atoms with Gasteiger partial charge in [0.1, 0.15) is 0 Å². The first-order chi connectivity index (χ1) is 12.4. The number of rotatable bonds is 5. The van der Waals surface area contributed by atoms with Gasteiger partial charge >= 0.3 is 0 Å². The number of hydrogen-bond acceptors (Lipinski definition) is 5. The fraction of sp³-hybridized carbons (Fsp3) is 0.444. The van der Waals surface area contributed by atoms with Crippen LogP contribution in [0.15, 0.2) is 29.6 Å². The summed E-state index contributed by atoms with van der Waals surface area (Å²) in [6.45, 7) is 4.44. The fourth-order valence-electron chi connectivity index (χ4n) is 3.04. The Morgan fingerprint density at radius 2 is 1.92 bits per heavy atom. The van der Waals surface area contributed by atoms with Gasteiger partial charge in [-0.05, 0) is 38.8 Å². The quantitative estimate of drug-likeness (QED) is 0.846. The van der Waals surface area contributed by atoms with Crippen LogP contribution in [0.4, 0.5) is 5.69 Å². The molecule has 2 aromatic rings. The fourth-order valence-corrected chi connectivity index (χ4v) is 4.80. The maximum atomic E-state index is 12.5. The number of aromatic nitrogens is 1. The van der Waals surface area contributed by atoms with Crippen LogP contribution in [0.25, 0.3) is 11.3 Å². The van der Waals surface area contributed by atoms with Gasteiger partial charge in [-0.25, -0.2) is 17.7 Å². The molecule has 1 aliphatic heterocycles. The van der Waals surface area contributed by atoms with E-state index in [0.717, 1.165) is 22.0 Å². The van der Waals surface area contributed by atoms with E-state index in [1.54, 1.807) is 18.3 Å². The van der Waals surface area contributed by atoms with Crippen molar-refractivity contribution in [3.8, 4) is 11.3 Å². The number of aryl methyl sites for hydroxylation is 1. The van der Waals surface area contributed by atoms with Crippen LogP contribution in [0.5, 0.6) is 0 Å². The molecule has 1 aromatic heterocycles. The van der Waals surface area contributed by atoms with Crippen LogP contribution in [-0.4, -0.2) is 42.5 Å². The lowest BCUT2D eigenvalue weighted by molar-refractivity contribution is -0.120. The molecule has 0 atom stereocenters. The van der Waals surface area contributed by atoms with Gasteiger partial charge in [0.15, 0.2) is 0 Å². The molecule has 1 amide bonds. The third-order valence-electron chi connectivity index (χ3n) is 4.65. The number of carbonyl (C=O) groups excluding carboxylic acids is 1. The number of sulfonamides is 1. The van der Waals surface area contributed by atoms with E-state index < -0.39 is 10.0 Å². The summed E-state index contributed by atoms with van der Waals surface area (Å²) in [7, 11) is -3.16. The highest BCUT2D eigenvalue weighted by Crippen LogP contribution is 2.25. The summed E-state index contributed by atoms with van der Waals surface area (Å²) >= 11 is 1.61. The minimum Gasteiger partial charge on any atom is -0.326 e. The molecule has 1 aromatic carbocycles. The number of hydrogen-bond donors (Lipinski definition) is 1. The average molecular weight is 394 g/mol. The highest BCUT2D eigenvalue weighted by molar-refractivity contribution is 7.89. The van der Waals surface area contributed by atoms with Gasteiger partial charge in [-0.2, -0.15) is 0 Å². The van der Waals surface area contributed by atoms with Crippen LogP contribution in [0, 0.1) is 12.8 Å². The lowest BCUT2D eigenvalue weighted by atomic mass is 9.97. The molecular weight excluding hydrogens is 370 g/mol. The number of benzene rings is 1. The van der Waals surface area contributed by atoms with Gasteiger partial charge in [0.25, 0.3) is 0 Å². The summed E-state index contributed by atoms with van der Waals surface area (Å²) in [4.78, 5) is 16.9. The Morgan fingerprint density at radius 1 is 1.27 bits per heavy atom. The summed E-state index contributed by atoms with van der Waals surface area (Å²) in [5.74, 6) is -0.0932. The van der Waals surface area contributed by atoms with Crippen molar-refractivity contribution in [2.75, 3.05) is 24.2 Å². The molecule has 1 N–H and O–H groups in total. The maximum absolute atomic E-state index is 12.5. The predicted molar refractivity (Wildman–Crippen MR) is 105 cm³/mol. The molecule has 140 valence electrons. The van der Waals surface area contributed by atoms with Gasteiger partial charge in [0.2, 0.25) is 15.9 Å². The number of nitrogens with one attached hydrogen (secondary N) is 1. The van der Waals surface area contributed by atoms with Crippen LogP contribution < -0.4 is 5.32 Å². The Balaban J connectivity index is 1.57. The van der Waals surface area contributed by atoms with Gasteiger partial charge < -0.3 is 5.32 Å². The number of carbonyl (C=O) groups is 1. The monoisotopic (exact) mass is 393 g/mol. The van der Waals surface area contributed by atoms with E-state index in [9.17, 15) is 13.2 Å². The first kappa shape index (κ1) is 19.0. The second-order valence-electron chi connectivity index (χ2n) is 6.39. The van der Waals surface area contributed by atoms with Gasteiger partial charge in [-0.1, -0.05) is 12.1 Å². The van der Waals surface area contributed by atoms with Gasteiger partial charge in [-0.3, -0.25) is 4.79 Å². The Hall–Kier alpha value is -1.77. The summed E-state index contributed by atoms with van der Waals surface area (Å²) in [6.07, 6.45) is 1.11. The molecule has 1 fully saturated rings. The van der Waals surface area contributed by atoms with E-state index in [1.165, 1.54) is 4.31 Å². The van der Waals surface area contributed by atoms with Crippen LogP contribution in [0.1, 0.15) is 24.8 Å². The van der Waals surface area contributed by atoms with Crippen LogP contribution >= 0.6 is 11.3 Å². The molecule has 1 saturated heterocycles. The first-order valence-electron chi connectivity index (χ1n) is 8.70. The van der Waals surface area contributed by atoms with Crippen LogP contribution in [0.2, 0.25) is 0 Å². The molecule has 0 bridgehead atoms. The highest BCUT2D eigenvalue weighted by atomic mass is 32.2. The summed E-state index contributed by atoms with van der Waals surface area (Å²) in [5, 5.41) is 5.98. The van der Waals surface area contributed by atoms with Crippen LogP contribution in [0.3, 0.4) is 0 Å². The van der Waals surface area contributed by atoms with Crippen molar-refractivity contribution in [1.29, 1.82) is 0 Å². The van der Waals surface area contributed by atoms with E-state index in [-0.39, 0.29) is 17.6 Å². The normalized spacial score (nSPS) is 16.5. The summed E-state index contributed by atoms with van der Waals surface area (Å²) < 4.78 is 25.3. The number of nitrogens with zero attached hydrogens (tertiary/aromatic N) is 2. The minimum absolute atomic E-state index is 0.0456. The first-order valence-corrected chi connectivity index (χ1v) is 11.2. The average Bonchev–Trinajstić information content (AvgIpc) is 3.09. The third kappa shape index (κ3) is 4.31. The zero-order chi connectivity index (χ0) is 18.7. The summed E-state index contributed by atoms with van der Waals surface area (Å²) in [5.41, 5.74) is 2.70. The van der Waals surface area contributed by atoms with E-state index in [1.807, 2.05) is 36.6 Å². The molecular formula is C18H23N3O3S2. The minimum atomic E-state index is -3.16. The Kier molecular flexibility index (Phi) is 5.74. The molecule has 0 radical (unpaired) electrons. The second-order valence-corrected chi connectivity index (χ2v) is 9.71. The van der Waals surface area contributed by atoms with Crippen LogP contribution in [-0.2, 0) is 14.8 Å². The Bertz CT molecular complexity index is 867. The predicted octanol–water partition coefficient (Wildman–Crippen LogP) is 3.12. The zero-order valence-electron chi connectivity index (χ0n) is 14.9. The molecule has 0 unspecified atom stereocenters. The maximum Gasteiger partial charge on any atom is 0.227 e. The largest absolute Gasteiger partial charge is 0.326 e.